The van der Waals surface area contributed by atoms with Crippen molar-refractivity contribution in [2.24, 2.45) is 0 Å². The van der Waals surface area contributed by atoms with Crippen LogP contribution >= 0.6 is 15.9 Å². The summed E-state index contributed by atoms with van der Waals surface area (Å²) in [6.45, 7) is 0. The van der Waals surface area contributed by atoms with Gasteiger partial charge in [0.05, 0.1) is 24.9 Å². The minimum atomic E-state index is -0.342. The number of methoxy groups -OCH3 is 2. The van der Waals surface area contributed by atoms with Crippen LogP contribution in [-0.4, -0.2) is 38.5 Å². The largest absolute Gasteiger partial charge is 0.466 e. The van der Waals surface area contributed by atoms with Gasteiger partial charge in [0.1, 0.15) is 6.10 Å². The van der Waals surface area contributed by atoms with Gasteiger partial charge < -0.3 is 14.2 Å². The standard InChI is InChI=1S/C9H11BrO4/c1-12-5-3-4-7(10)6(8(5)14-4)9(11)13-2/h4-5,8H,3H2,1-2H3/t4-,5+,8+/m0/s1. The van der Waals surface area contributed by atoms with Gasteiger partial charge in [-0.2, -0.15) is 0 Å². The van der Waals surface area contributed by atoms with Crippen LogP contribution in [0.5, 0.6) is 0 Å². The molecule has 2 rings (SSSR count). The van der Waals surface area contributed by atoms with Crippen LogP contribution < -0.4 is 0 Å². The smallest absolute Gasteiger partial charge is 0.337 e. The van der Waals surface area contributed by atoms with Gasteiger partial charge in [0.15, 0.2) is 0 Å². The van der Waals surface area contributed by atoms with Gasteiger partial charge in [-0.05, 0) is 0 Å². The van der Waals surface area contributed by atoms with E-state index >= 15 is 0 Å². The molecule has 0 saturated carbocycles. The lowest BCUT2D eigenvalue weighted by molar-refractivity contribution is -0.137. The Balaban J connectivity index is 2.27. The highest BCUT2D eigenvalue weighted by atomic mass is 79.9. The summed E-state index contributed by atoms with van der Waals surface area (Å²) in [4.78, 5) is 11.4. The van der Waals surface area contributed by atoms with E-state index in [1.54, 1.807) is 7.11 Å². The van der Waals surface area contributed by atoms with Crippen LogP contribution in [-0.2, 0) is 19.0 Å². The van der Waals surface area contributed by atoms with Crippen LogP contribution in [0.15, 0.2) is 10.1 Å². The summed E-state index contributed by atoms with van der Waals surface area (Å²) in [5.41, 5.74) is 0.565. The van der Waals surface area contributed by atoms with Gasteiger partial charge in [-0.25, -0.2) is 4.79 Å². The molecule has 2 aliphatic heterocycles. The Labute approximate surface area is 90.3 Å². The quantitative estimate of drug-likeness (QED) is 0.697. The summed E-state index contributed by atoms with van der Waals surface area (Å²) < 4.78 is 16.3. The number of hydrogen-bond acceptors (Lipinski definition) is 4. The van der Waals surface area contributed by atoms with Crippen molar-refractivity contribution < 1.29 is 19.0 Å². The highest BCUT2D eigenvalue weighted by Gasteiger charge is 2.49. The molecule has 0 aromatic rings. The topological polar surface area (TPSA) is 44.8 Å². The Morgan fingerprint density at radius 3 is 2.79 bits per heavy atom. The van der Waals surface area contributed by atoms with Crippen molar-refractivity contribution in [3.05, 3.63) is 10.1 Å². The zero-order valence-electron chi connectivity index (χ0n) is 7.95. The predicted octanol–water partition coefficient (Wildman–Crippen LogP) is 0.994. The van der Waals surface area contributed by atoms with E-state index in [0.717, 1.165) is 10.9 Å². The van der Waals surface area contributed by atoms with E-state index in [1.807, 2.05) is 0 Å². The molecule has 3 atom stereocenters. The molecule has 4 nitrogen and oxygen atoms in total. The number of ether oxygens (including phenoxy) is 3. The second kappa shape index (κ2) is 3.64. The third-order valence-corrected chi connectivity index (χ3v) is 3.57. The lowest BCUT2D eigenvalue weighted by Gasteiger charge is -2.19. The van der Waals surface area contributed by atoms with Gasteiger partial charge >= 0.3 is 5.97 Å². The molecule has 1 fully saturated rings. The van der Waals surface area contributed by atoms with Crippen LogP contribution in [0.2, 0.25) is 0 Å². The Hall–Kier alpha value is -0.390. The third kappa shape index (κ3) is 1.31. The summed E-state index contributed by atoms with van der Waals surface area (Å²) in [5.74, 6) is -0.342. The number of esters is 1. The first kappa shape index (κ1) is 10.1. The zero-order valence-corrected chi connectivity index (χ0v) is 9.54. The third-order valence-electron chi connectivity index (χ3n) is 2.63. The fourth-order valence-corrected chi connectivity index (χ4v) is 2.61. The van der Waals surface area contributed by atoms with Gasteiger partial charge in [-0.3, -0.25) is 0 Å². The molecule has 0 spiro atoms. The number of hydrogen-bond donors (Lipinski definition) is 0. The van der Waals surface area contributed by atoms with Crippen molar-refractivity contribution in [1.82, 2.24) is 0 Å². The zero-order chi connectivity index (χ0) is 10.3. The maximum Gasteiger partial charge on any atom is 0.337 e. The maximum absolute atomic E-state index is 11.4. The first-order valence-electron chi connectivity index (χ1n) is 4.35. The van der Waals surface area contributed by atoms with Crippen molar-refractivity contribution >= 4 is 21.9 Å². The van der Waals surface area contributed by atoms with Gasteiger partial charge in [0, 0.05) is 18.0 Å². The molecule has 0 radical (unpaired) electrons. The predicted molar refractivity (Wildman–Crippen MR) is 52.0 cm³/mol. The molecule has 2 heterocycles. The second-order valence-electron chi connectivity index (χ2n) is 3.31. The van der Waals surface area contributed by atoms with Crippen LogP contribution in [0.4, 0.5) is 0 Å². The molecule has 0 aromatic heterocycles. The van der Waals surface area contributed by atoms with Crippen molar-refractivity contribution in [3.8, 4) is 0 Å². The van der Waals surface area contributed by atoms with E-state index in [0.29, 0.717) is 5.57 Å². The molecule has 5 heteroatoms. The summed E-state index contributed by atoms with van der Waals surface area (Å²) in [6, 6.07) is 0. The summed E-state index contributed by atoms with van der Waals surface area (Å²) in [7, 11) is 2.99. The molecular weight excluding hydrogens is 252 g/mol. The number of carbonyl (C=O) groups excluding carboxylic acids is 1. The van der Waals surface area contributed by atoms with Crippen molar-refractivity contribution in [1.29, 1.82) is 0 Å². The highest BCUT2D eigenvalue weighted by Crippen LogP contribution is 2.43. The molecule has 78 valence electrons. The normalized spacial score (nSPS) is 35.2. The van der Waals surface area contributed by atoms with E-state index in [2.05, 4.69) is 20.7 Å². The molecule has 2 bridgehead atoms. The average molecular weight is 263 g/mol. The van der Waals surface area contributed by atoms with E-state index < -0.39 is 0 Å². The Kier molecular flexibility index (Phi) is 2.64. The highest BCUT2D eigenvalue weighted by molar-refractivity contribution is 9.11. The second-order valence-corrected chi connectivity index (χ2v) is 4.16. The van der Waals surface area contributed by atoms with Crippen LogP contribution in [0.25, 0.3) is 0 Å². The number of rotatable bonds is 2. The van der Waals surface area contributed by atoms with Crippen molar-refractivity contribution in [2.75, 3.05) is 14.2 Å². The SMILES string of the molecule is COC(=O)C1=C(Br)[C@@H]2C[C@@H](OC)[C@H]1O2. The van der Waals surface area contributed by atoms with E-state index in [4.69, 9.17) is 9.47 Å². The first-order chi connectivity index (χ1) is 6.69. The van der Waals surface area contributed by atoms with E-state index in [9.17, 15) is 4.79 Å². The molecule has 2 aliphatic rings. The Morgan fingerprint density at radius 2 is 2.29 bits per heavy atom. The summed E-state index contributed by atoms with van der Waals surface area (Å²) in [5, 5.41) is 0. The minimum absolute atomic E-state index is 0.0320. The Morgan fingerprint density at radius 1 is 1.57 bits per heavy atom. The Bertz CT molecular complexity index is 299. The monoisotopic (exact) mass is 262 g/mol. The number of halogens is 1. The molecule has 0 aliphatic carbocycles. The van der Waals surface area contributed by atoms with Gasteiger partial charge in [-0.1, -0.05) is 15.9 Å². The fourth-order valence-electron chi connectivity index (χ4n) is 1.92. The molecule has 1 saturated heterocycles. The first-order valence-corrected chi connectivity index (χ1v) is 5.14. The van der Waals surface area contributed by atoms with Crippen LogP contribution in [0.1, 0.15) is 6.42 Å². The van der Waals surface area contributed by atoms with Gasteiger partial charge in [-0.15, -0.1) is 0 Å². The molecule has 0 unspecified atom stereocenters. The summed E-state index contributed by atoms with van der Waals surface area (Å²) in [6.07, 6.45) is 0.448. The molecule has 14 heavy (non-hydrogen) atoms. The number of carbonyl (C=O) groups is 1. The fraction of sp³-hybridized carbons (Fsp3) is 0.667. The van der Waals surface area contributed by atoms with E-state index in [-0.39, 0.29) is 24.3 Å². The van der Waals surface area contributed by atoms with Crippen LogP contribution in [0.3, 0.4) is 0 Å². The molecular formula is C9H11BrO4. The lowest BCUT2D eigenvalue weighted by atomic mass is 9.97. The average Bonchev–Trinajstić information content (AvgIpc) is 2.73. The van der Waals surface area contributed by atoms with E-state index in [1.165, 1.54) is 7.11 Å². The van der Waals surface area contributed by atoms with Crippen molar-refractivity contribution in [2.45, 2.75) is 24.7 Å². The lowest BCUT2D eigenvalue weighted by Crippen LogP contribution is -2.30. The van der Waals surface area contributed by atoms with Gasteiger partial charge in [0.2, 0.25) is 0 Å². The summed E-state index contributed by atoms with van der Waals surface area (Å²) >= 11 is 3.36. The molecule has 0 amide bonds. The minimum Gasteiger partial charge on any atom is -0.466 e. The van der Waals surface area contributed by atoms with Crippen molar-refractivity contribution in [3.63, 3.8) is 0 Å². The molecule has 0 aromatic carbocycles. The maximum atomic E-state index is 11.4. The van der Waals surface area contributed by atoms with Crippen LogP contribution in [0, 0.1) is 0 Å². The van der Waals surface area contributed by atoms with Gasteiger partial charge in [0.25, 0.3) is 0 Å². The number of fused-ring (bicyclic) bond motifs is 2. The molecule has 0 N–H and O–H groups in total.